The van der Waals surface area contributed by atoms with E-state index in [0.717, 1.165) is 18.2 Å². The molecular formula is C11H17N3. The van der Waals surface area contributed by atoms with E-state index in [-0.39, 0.29) is 0 Å². The molecule has 1 aromatic rings. The number of anilines is 1. The highest BCUT2D eigenvalue weighted by atomic mass is 15.3. The van der Waals surface area contributed by atoms with Crippen LogP contribution in [0, 0.1) is 5.41 Å². The third kappa shape index (κ3) is 0.900. The fourth-order valence-electron chi connectivity index (χ4n) is 2.69. The zero-order valence-corrected chi connectivity index (χ0v) is 8.88. The molecule has 1 unspecified atom stereocenters. The average molecular weight is 191 g/mol. The van der Waals surface area contributed by atoms with E-state index in [0.29, 0.717) is 5.41 Å². The largest absolute Gasteiger partial charge is 0.384 e. The number of nitrogens with zero attached hydrogens (tertiary/aromatic N) is 2. The molecule has 76 valence electrons. The highest BCUT2D eigenvalue weighted by molar-refractivity contribution is 5.48. The number of aromatic nitrogens is 2. The lowest BCUT2D eigenvalue weighted by molar-refractivity contribution is 0.731. The Morgan fingerprint density at radius 3 is 2.79 bits per heavy atom. The summed E-state index contributed by atoms with van der Waals surface area (Å²) < 4.78 is 1.84. The van der Waals surface area contributed by atoms with Crippen molar-refractivity contribution in [1.29, 1.82) is 0 Å². The van der Waals surface area contributed by atoms with Crippen LogP contribution in [0.25, 0.3) is 0 Å². The summed E-state index contributed by atoms with van der Waals surface area (Å²) in [4.78, 5) is 0. The van der Waals surface area contributed by atoms with Crippen LogP contribution >= 0.6 is 0 Å². The lowest BCUT2D eigenvalue weighted by atomic mass is 10.1. The van der Waals surface area contributed by atoms with Crippen molar-refractivity contribution in [2.24, 2.45) is 12.5 Å². The molecular weight excluding hydrogens is 174 g/mol. The Labute approximate surface area is 84.3 Å². The first-order valence-corrected chi connectivity index (χ1v) is 5.49. The first kappa shape index (κ1) is 8.33. The molecule has 3 rings (SSSR count). The van der Waals surface area contributed by atoms with Crippen LogP contribution in [0.15, 0.2) is 0 Å². The molecule has 2 aliphatic rings. The van der Waals surface area contributed by atoms with Gasteiger partial charge in [-0.1, -0.05) is 6.92 Å². The monoisotopic (exact) mass is 191 g/mol. The number of nitrogens with two attached hydrogens (primary N) is 1. The molecule has 1 aromatic heterocycles. The van der Waals surface area contributed by atoms with Gasteiger partial charge < -0.3 is 5.73 Å². The molecule has 0 aromatic carbocycles. The van der Waals surface area contributed by atoms with Crippen LogP contribution in [0.1, 0.15) is 43.4 Å². The molecule has 0 radical (unpaired) electrons. The van der Waals surface area contributed by atoms with Gasteiger partial charge in [0.1, 0.15) is 5.82 Å². The molecule has 14 heavy (non-hydrogen) atoms. The molecule has 1 spiro atoms. The molecule has 1 heterocycles. The third-order valence-corrected chi connectivity index (χ3v) is 3.99. The van der Waals surface area contributed by atoms with Crippen molar-refractivity contribution >= 4 is 5.82 Å². The van der Waals surface area contributed by atoms with Crippen molar-refractivity contribution < 1.29 is 0 Å². The van der Waals surface area contributed by atoms with Gasteiger partial charge in [-0.15, -0.1) is 0 Å². The normalized spacial score (nSPS) is 26.9. The molecule has 3 heteroatoms. The first-order valence-electron chi connectivity index (χ1n) is 5.49. The predicted octanol–water partition coefficient (Wildman–Crippen LogP) is 1.83. The minimum absolute atomic E-state index is 0.685. The summed E-state index contributed by atoms with van der Waals surface area (Å²) in [5.74, 6) is 1.60. The number of hydrogen-bond acceptors (Lipinski definition) is 2. The van der Waals surface area contributed by atoms with E-state index in [4.69, 9.17) is 5.73 Å². The fraction of sp³-hybridized carbons (Fsp3) is 0.727. The quantitative estimate of drug-likeness (QED) is 0.775. The van der Waals surface area contributed by atoms with E-state index < -0.39 is 0 Å². The molecule has 2 saturated carbocycles. The van der Waals surface area contributed by atoms with Gasteiger partial charge in [0, 0.05) is 18.5 Å². The van der Waals surface area contributed by atoms with Crippen molar-refractivity contribution in [2.75, 3.05) is 5.73 Å². The van der Waals surface area contributed by atoms with Gasteiger partial charge in [0.05, 0.1) is 5.69 Å². The number of hydrogen-bond donors (Lipinski definition) is 1. The van der Waals surface area contributed by atoms with Gasteiger partial charge in [-0.3, -0.25) is 4.68 Å². The van der Waals surface area contributed by atoms with E-state index in [1.807, 2.05) is 11.7 Å². The predicted molar refractivity (Wildman–Crippen MR) is 56.0 cm³/mol. The number of rotatable bonds is 2. The lowest BCUT2D eigenvalue weighted by Crippen LogP contribution is -1.98. The molecule has 2 fully saturated rings. The minimum atomic E-state index is 0.685. The smallest absolute Gasteiger partial charge is 0.124 e. The van der Waals surface area contributed by atoms with Gasteiger partial charge in [-0.25, -0.2) is 0 Å². The van der Waals surface area contributed by atoms with E-state index in [1.165, 1.54) is 30.5 Å². The Morgan fingerprint density at radius 2 is 2.29 bits per heavy atom. The van der Waals surface area contributed by atoms with E-state index in [2.05, 4.69) is 12.0 Å². The maximum atomic E-state index is 5.99. The van der Waals surface area contributed by atoms with Gasteiger partial charge in [0.15, 0.2) is 0 Å². The van der Waals surface area contributed by atoms with Crippen LogP contribution in [-0.2, 0) is 13.5 Å². The van der Waals surface area contributed by atoms with Gasteiger partial charge in [-0.05, 0) is 31.1 Å². The summed E-state index contributed by atoms with van der Waals surface area (Å²) in [6, 6.07) is 0. The SMILES string of the molecule is CCc1c(C2CC23CC3)nn(C)c1N. The van der Waals surface area contributed by atoms with Gasteiger partial charge in [-0.2, -0.15) is 5.10 Å². The highest BCUT2D eigenvalue weighted by Crippen LogP contribution is 2.75. The van der Waals surface area contributed by atoms with Crippen molar-refractivity contribution in [1.82, 2.24) is 9.78 Å². The van der Waals surface area contributed by atoms with Crippen molar-refractivity contribution in [3.8, 4) is 0 Å². The third-order valence-electron chi connectivity index (χ3n) is 3.99. The fourth-order valence-corrected chi connectivity index (χ4v) is 2.69. The van der Waals surface area contributed by atoms with E-state index in [1.54, 1.807) is 0 Å². The maximum Gasteiger partial charge on any atom is 0.124 e. The first-order chi connectivity index (χ1) is 6.68. The molecule has 2 N–H and O–H groups in total. The van der Waals surface area contributed by atoms with Crippen LogP contribution in [0.4, 0.5) is 5.82 Å². The van der Waals surface area contributed by atoms with Crippen LogP contribution in [-0.4, -0.2) is 9.78 Å². The van der Waals surface area contributed by atoms with Crippen molar-refractivity contribution in [3.63, 3.8) is 0 Å². The summed E-state index contributed by atoms with van der Waals surface area (Å²) in [7, 11) is 1.94. The van der Waals surface area contributed by atoms with Crippen LogP contribution < -0.4 is 5.73 Å². The van der Waals surface area contributed by atoms with Crippen molar-refractivity contribution in [3.05, 3.63) is 11.3 Å². The van der Waals surface area contributed by atoms with E-state index in [9.17, 15) is 0 Å². The second kappa shape index (κ2) is 2.33. The van der Waals surface area contributed by atoms with Crippen LogP contribution in [0.5, 0.6) is 0 Å². The molecule has 2 aliphatic carbocycles. The number of nitrogen functional groups attached to an aromatic ring is 1. The van der Waals surface area contributed by atoms with Gasteiger partial charge in [0.25, 0.3) is 0 Å². The standard InChI is InChI=1S/C11H17N3/c1-3-7-9(13-14(2)10(7)12)8-6-11(8)4-5-11/h8H,3-6,12H2,1-2H3. The molecule has 3 nitrogen and oxygen atoms in total. The topological polar surface area (TPSA) is 43.8 Å². The number of aryl methyl sites for hydroxylation is 1. The Hall–Kier alpha value is -0.990. The van der Waals surface area contributed by atoms with Gasteiger partial charge in [0.2, 0.25) is 0 Å². The maximum absolute atomic E-state index is 5.99. The van der Waals surface area contributed by atoms with E-state index >= 15 is 0 Å². The molecule has 1 atom stereocenters. The Bertz CT molecular complexity index is 387. The zero-order valence-electron chi connectivity index (χ0n) is 8.88. The zero-order chi connectivity index (χ0) is 9.92. The van der Waals surface area contributed by atoms with Crippen LogP contribution in [0.2, 0.25) is 0 Å². The average Bonchev–Trinajstić information content (AvgIpc) is 3.06. The molecule has 0 aliphatic heterocycles. The summed E-state index contributed by atoms with van der Waals surface area (Å²) in [5.41, 5.74) is 9.26. The summed E-state index contributed by atoms with van der Waals surface area (Å²) in [6.45, 7) is 2.17. The molecule has 0 amide bonds. The Balaban J connectivity index is 2.00. The summed E-state index contributed by atoms with van der Waals surface area (Å²) in [5, 5.41) is 4.57. The summed E-state index contributed by atoms with van der Waals surface area (Å²) >= 11 is 0. The second-order valence-corrected chi connectivity index (χ2v) is 4.85. The highest BCUT2D eigenvalue weighted by Gasteiger charge is 2.64. The van der Waals surface area contributed by atoms with Crippen LogP contribution in [0.3, 0.4) is 0 Å². The summed E-state index contributed by atoms with van der Waals surface area (Å²) in [6.07, 6.45) is 5.20. The van der Waals surface area contributed by atoms with Crippen molar-refractivity contribution in [2.45, 2.75) is 38.5 Å². The minimum Gasteiger partial charge on any atom is -0.384 e. The second-order valence-electron chi connectivity index (χ2n) is 4.85. The lowest BCUT2D eigenvalue weighted by Gasteiger charge is -1.98. The molecule has 0 saturated heterocycles. The Morgan fingerprint density at radius 1 is 1.57 bits per heavy atom. The molecule has 0 bridgehead atoms. The van der Waals surface area contributed by atoms with Gasteiger partial charge >= 0.3 is 0 Å². The Kier molecular flexibility index (Phi) is 1.38.